The average Bonchev–Trinajstić information content (AvgIpc) is 3.01. The molecular formula is C17H20N2O6. The first-order valence-corrected chi connectivity index (χ1v) is 7.93. The van der Waals surface area contributed by atoms with Crippen molar-refractivity contribution >= 4 is 17.8 Å². The molecule has 2 aliphatic rings. The fourth-order valence-corrected chi connectivity index (χ4v) is 3.30. The van der Waals surface area contributed by atoms with Crippen molar-refractivity contribution in [1.82, 2.24) is 9.80 Å². The zero-order chi connectivity index (χ0) is 18.2. The van der Waals surface area contributed by atoms with Crippen molar-refractivity contribution in [3.63, 3.8) is 0 Å². The van der Waals surface area contributed by atoms with Crippen LogP contribution in [0.4, 0.5) is 0 Å². The van der Waals surface area contributed by atoms with E-state index in [2.05, 4.69) is 0 Å². The minimum Gasteiger partial charge on any atom is -0.497 e. The largest absolute Gasteiger partial charge is 0.497 e. The number of hydrogen-bond acceptors (Lipinski definition) is 5. The van der Waals surface area contributed by atoms with Crippen molar-refractivity contribution in [1.29, 1.82) is 0 Å². The third-order valence-corrected chi connectivity index (χ3v) is 4.69. The van der Waals surface area contributed by atoms with Crippen LogP contribution >= 0.6 is 0 Å². The molecule has 1 aromatic carbocycles. The predicted octanol–water partition coefficient (Wildman–Crippen LogP) is 0.467. The number of likely N-dealkylation sites (tertiary alicyclic amines) is 1. The lowest BCUT2D eigenvalue weighted by atomic mass is 10.0. The van der Waals surface area contributed by atoms with E-state index in [0.29, 0.717) is 31.8 Å². The number of hydrogen-bond donors (Lipinski definition) is 1. The molecule has 8 heteroatoms. The molecule has 0 aromatic heterocycles. The van der Waals surface area contributed by atoms with Crippen molar-refractivity contribution in [3.05, 3.63) is 29.3 Å². The van der Waals surface area contributed by atoms with E-state index < -0.39 is 11.6 Å². The Morgan fingerprint density at radius 3 is 2.60 bits per heavy atom. The maximum absolute atomic E-state index is 12.8. The number of carboxylic acids is 1. The van der Waals surface area contributed by atoms with Crippen LogP contribution in [0.25, 0.3) is 0 Å². The number of carbonyl (C=O) groups is 3. The van der Waals surface area contributed by atoms with Gasteiger partial charge >= 0.3 is 5.97 Å². The number of nitrogens with zero attached hydrogens (tertiary/aromatic N) is 2. The maximum Gasteiger partial charge on any atom is 0.335 e. The fourth-order valence-electron chi connectivity index (χ4n) is 3.30. The standard InChI is InChI=1S/C17H20N2O6/c1-18-9-17(25-8-14(18)20)3-4-19(10-17)15(21)11-5-12(16(22)23)7-13(6-11)24-2/h5-7H,3-4,8-10H2,1-2H3,(H,22,23)/t17-/m0/s1. The van der Waals surface area contributed by atoms with Gasteiger partial charge in [0, 0.05) is 19.2 Å². The van der Waals surface area contributed by atoms with Crippen molar-refractivity contribution in [3.8, 4) is 5.75 Å². The molecule has 134 valence electrons. The van der Waals surface area contributed by atoms with Crippen LogP contribution in [0.2, 0.25) is 0 Å². The second kappa shape index (κ2) is 6.36. The molecule has 25 heavy (non-hydrogen) atoms. The molecule has 1 aromatic rings. The number of morpholine rings is 1. The van der Waals surface area contributed by atoms with Gasteiger partial charge in [-0.25, -0.2) is 4.79 Å². The van der Waals surface area contributed by atoms with Gasteiger partial charge in [-0.1, -0.05) is 0 Å². The highest BCUT2D eigenvalue weighted by Crippen LogP contribution is 2.30. The zero-order valence-electron chi connectivity index (χ0n) is 14.2. The molecule has 0 bridgehead atoms. The zero-order valence-corrected chi connectivity index (χ0v) is 14.2. The molecule has 3 rings (SSSR count). The van der Waals surface area contributed by atoms with Gasteiger partial charge in [0.15, 0.2) is 0 Å². The molecule has 2 heterocycles. The smallest absolute Gasteiger partial charge is 0.335 e. The summed E-state index contributed by atoms with van der Waals surface area (Å²) in [6.45, 7) is 1.30. The minimum atomic E-state index is -1.12. The monoisotopic (exact) mass is 348 g/mol. The van der Waals surface area contributed by atoms with Gasteiger partial charge in [0.2, 0.25) is 5.91 Å². The lowest BCUT2D eigenvalue weighted by Gasteiger charge is -2.38. The Hall–Kier alpha value is -2.61. The van der Waals surface area contributed by atoms with Gasteiger partial charge in [0.25, 0.3) is 5.91 Å². The summed E-state index contributed by atoms with van der Waals surface area (Å²) in [5, 5.41) is 9.19. The predicted molar refractivity (Wildman–Crippen MR) is 86.8 cm³/mol. The second-order valence-corrected chi connectivity index (χ2v) is 6.45. The normalized spacial score (nSPS) is 23.2. The summed E-state index contributed by atoms with van der Waals surface area (Å²) >= 11 is 0. The Morgan fingerprint density at radius 2 is 1.96 bits per heavy atom. The van der Waals surface area contributed by atoms with E-state index in [0.717, 1.165) is 0 Å². The molecule has 2 aliphatic heterocycles. The first-order chi connectivity index (χ1) is 11.8. The molecule has 1 atom stereocenters. The first kappa shape index (κ1) is 17.2. The summed E-state index contributed by atoms with van der Waals surface area (Å²) in [6, 6.07) is 4.24. The van der Waals surface area contributed by atoms with Crippen LogP contribution in [-0.4, -0.2) is 78.7 Å². The Labute approximate surface area is 144 Å². The quantitative estimate of drug-likeness (QED) is 0.853. The van der Waals surface area contributed by atoms with Gasteiger partial charge in [-0.3, -0.25) is 9.59 Å². The SMILES string of the molecule is COc1cc(C(=O)O)cc(C(=O)N2CC[C@]3(CN(C)C(=O)CO3)C2)c1. The molecule has 1 spiro atoms. The van der Waals surface area contributed by atoms with E-state index in [1.807, 2.05) is 0 Å². The highest BCUT2D eigenvalue weighted by atomic mass is 16.5. The van der Waals surface area contributed by atoms with E-state index in [1.165, 1.54) is 25.3 Å². The number of rotatable bonds is 3. The fraction of sp³-hybridized carbons (Fsp3) is 0.471. The van der Waals surface area contributed by atoms with Crippen LogP contribution in [0.5, 0.6) is 5.75 Å². The van der Waals surface area contributed by atoms with Gasteiger partial charge in [0.05, 0.1) is 25.8 Å². The summed E-state index contributed by atoms with van der Waals surface area (Å²) in [5.74, 6) is -1.16. The highest BCUT2D eigenvalue weighted by molar-refractivity contribution is 5.98. The summed E-state index contributed by atoms with van der Waals surface area (Å²) in [6.07, 6.45) is 0.631. The van der Waals surface area contributed by atoms with Gasteiger partial charge in [-0.2, -0.15) is 0 Å². The van der Waals surface area contributed by atoms with Crippen molar-refractivity contribution in [2.75, 3.05) is 40.4 Å². The molecule has 0 aliphatic carbocycles. The lowest BCUT2D eigenvalue weighted by Crippen LogP contribution is -2.54. The number of amides is 2. The van der Waals surface area contributed by atoms with Gasteiger partial charge in [-0.15, -0.1) is 0 Å². The molecule has 0 unspecified atom stereocenters. The van der Waals surface area contributed by atoms with E-state index in [-0.39, 0.29) is 29.5 Å². The number of aromatic carboxylic acids is 1. The van der Waals surface area contributed by atoms with Crippen LogP contribution in [-0.2, 0) is 9.53 Å². The summed E-state index contributed by atoms with van der Waals surface area (Å²) in [4.78, 5) is 38.9. The molecule has 0 saturated carbocycles. The number of likely N-dealkylation sites (N-methyl/N-ethyl adjacent to an activating group) is 1. The number of carbonyl (C=O) groups excluding carboxylic acids is 2. The van der Waals surface area contributed by atoms with Crippen LogP contribution in [0.3, 0.4) is 0 Å². The van der Waals surface area contributed by atoms with Gasteiger partial charge < -0.3 is 24.4 Å². The Kier molecular flexibility index (Phi) is 4.38. The van der Waals surface area contributed by atoms with Crippen LogP contribution in [0.15, 0.2) is 18.2 Å². The number of carboxylic acid groups (broad SMARTS) is 1. The van der Waals surface area contributed by atoms with E-state index in [4.69, 9.17) is 9.47 Å². The van der Waals surface area contributed by atoms with Crippen LogP contribution < -0.4 is 4.74 Å². The van der Waals surface area contributed by atoms with Gasteiger partial charge in [-0.05, 0) is 24.6 Å². The van der Waals surface area contributed by atoms with E-state index in [9.17, 15) is 19.5 Å². The second-order valence-electron chi connectivity index (χ2n) is 6.45. The number of ether oxygens (including phenoxy) is 2. The topological polar surface area (TPSA) is 96.4 Å². The third-order valence-electron chi connectivity index (χ3n) is 4.69. The number of methoxy groups -OCH3 is 1. The summed E-state index contributed by atoms with van der Waals surface area (Å²) in [5.41, 5.74) is -0.294. The van der Waals surface area contributed by atoms with Crippen molar-refractivity contribution in [2.45, 2.75) is 12.0 Å². The minimum absolute atomic E-state index is 0.00384. The van der Waals surface area contributed by atoms with Gasteiger partial charge in [0.1, 0.15) is 18.0 Å². The molecule has 0 radical (unpaired) electrons. The molecule has 1 N–H and O–H groups in total. The highest BCUT2D eigenvalue weighted by Gasteiger charge is 2.45. The Bertz CT molecular complexity index is 734. The molecular weight excluding hydrogens is 328 g/mol. The first-order valence-electron chi connectivity index (χ1n) is 7.93. The summed E-state index contributed by atoms with van der Waals surface area (Å²) < 4.78 is 10.8. The maximum atomic E-state index is 12.8. The molecule has 2 amide bonds. The average molecular weight is 348 g/mol. The van der Waals surface area contributed by atoms with E-state index in [1.54, 1.807) is 16.8 Å². The van der Waals surface area contributed by atoms with Crippen LogP contribution in [0, 0.1) is 0 Å². The lowest BCUT2D eigenvalue weighted by molar-refractivity contribution is -0.158. The summed E-state index contributed by atoms with van der Waals surface area (Å²) in [7, 11) is 3.14. The van der Waals surface area contributed by atoms with Crippen molar-refractivity contribution < 1.29 is 29.0 Å². The molecule has 2 saturated heterocycles. The molecule has 8 nitrogen and oxygen atoms in total. The van der Waals surface area contributed by atoms with Crippen LogP contribution in [0.1, 0.15) is 27.1 Å². The Morgan fingerprint density at radius 1 is 1.24 bits per heavy atom. The Balaban J connectivity index is 1.79. The third kappa shape index (κ3) is 3.30. The van der Waals surface area contributed by atoms with Crippen molar-refractivity contribution in [2.24, 2.45) is 0 Å². The number of benzene rings is 1. The van der Waals surface area contributed by atoms with E-state index >= 15 is 0 Å². The molecule has 2 fully saturated rings.